The molecule has 40 heavy (non-hydrogen) atoms. The lowest BCUT2D eigenvalue weighted by Crippen LogP contribution is -2.43. The second kappa shape index (κ2) is 14.7. The van der Waals surface area contributed by atoms with E-state index in [2.05, 4.69) is 40.5 Å². The highest BCUT2D eigenvalue weighted by Gasteiger charge is 2.33. The molecule has 1 amide bonds. The van der Waals surface area contributed by atoms with Crippen molar-refractivity contribution in [1.29, 1.82) is 0 Å². The van der Waals surface area contributed by atoms with E-state index < -0.39 is 10.0 Å². The molecule has 0 aromatic heterocycles. The summed E-state index contributed by atoms with van der Waals surface area (Å²) in [6, 6.07) is 14.1. The van der Waals surface area contributed by atoms with E-state index in [1.54, 1.807) is 0 Å². The summed E-state index contributed by atoms with van der Waals surface area (Å²) in [5, 5.41) is 3.25. The van der Waals surface area contributed by atoms with Crippen LogP contribution in [0.1, 0.15) is 56.6 Å². The number of nitrogens with one attached hydrogen (secondary N) is 1. The fourth-order valence-electron chi connectivity index (χ4n) is 5.89. The molecule has 1 unspecified atom stereocenters. The molecule has 11 heteroatoms. The Labute approximate surface area is 253 Å². The van der Waals surface area contributed by atoms with Crippen molar-refractivity contribution < 1.29 is 17.9 Å². The molecule has 2 aliphatic rings. The molecule has 1 aliphatic carbocycles. The zero-order valence-electron chi connectivity index (χ0n) is 22.8. The number of likely N-dealkylation sites (N-methyl/N-ethyl adjacent to an activating group) is 1. The summed E-state index contributed by atoms with van der Waals surface area (Å²) >= 11 is 18.1. The summed E-state index contributed by atoms with van der Waals surface area (Å²) in [6.07, 6.45) is 7.86. The average molecular weight is 631 g/mol. The number of ether oxygens (including phenoxy) is 1. The highest BCUT2D eigenvalue weighted by molar-refractivity contribution is 7.89. The Morgan fingerprint density at radius 2 is 1.65 bits per heavy atom. The zero-order chi connectivity index (χ0) is 28.7. The fourth-order valence-corrected chi connectivity index (χ4v) is 8.53. The predicted molar refractivity (Wildman–Crippen MR) is 161 cm³/mol. The van der Waals surface area contributed by atoms with E-state index in [9.17, 15) is 13.2 Å². The number of carbonyl (C=O) groups is 1. The molecule has 1 saturated carbocycles. The van der Waals surface area contributed by atoms with Gasteiger partial charge in [-0.15, -0.1) is 0 Å². The first-order chi connectivity index (χ1) is 19.2. The summed E-state index contributed by atoms with van der Waals surface area (Å²) < 4.78 is 32.4. The molecule has 1 atom stereocenters. The van der Waals surface area contributed by atoms with Gasteiger partial charge in [0.2, 0.25) is 15.9 Å². The molecule has 2 aromatic rings. The van der Waals surface area contributed by atoms with Crippen LogP contribution < -0.4 is 5.32 Å². The molecule has 1 saturated heterocycles. The Balaban J connectivity index is 1.21. The quantitative estimate of drug-likeness (QED) is 0.300. The number of piperidine rings is 1. The zero-order valence-corrected chi connectivity index (χ0v) is 25.9. The van der Waals surface area contributed by atoms with E-state index in [1.807, 2.05) is 0 Å². The largest absolute Gasteiger partial charge is 0.370 e. The molecule has 1 aliphatic heterocycles. The van der Waals surface area contributed by atoms with Gasteiger partial charge >= 0.3 is 0 Å². The van der Waals surface area contributed by atoms with Crippen molar-refractivity contribution in [2.75, 3.05) is 39.9 Å². The number of benzene rings is 2. The Kier molecular flexibility index (Phi) is 11.6. The van der Waals surface area contributed by atoms with Crippen LogP contribution in [0.4, 0.5) is 0 Å². The van der Waals surface area contributed by atoms with Crippen LogP contribution in [0.3, 0.4) is 0 Å². The van der Waals surface area contributed by atoms with Gasteiger partial charge in [-0.1, -0.05) is 71.6 Å². The van der Waals surface area contributed by atoms with Gasteiger partial charge in [-0.3, -0.25) is 9.69 Å². The lowest BCUT2D eigenvalue weighted by Gasteiger charge is -2.42. The van der Waals surface area contributed by atoms with Crippen LogP contribution in [0.15, 0.2) is 47.4 Å². The van der Waals surface area contributed by atoms with Crippen LogP contribution in [0.5, 0.6) is 0 Å². The number of halogens is 3. The average Bonchev–Trinajstić information content (AvgIpc) is 2.92. The van der Waals surface area contributed by atoms with Gasteiger partial charge in [0.1, 0.15) is 11.5 Å². The molecule has 1 N–H and O–H groups in total. The molecule has 1 heterocycles. The van der Waals surface area contributed by atoms with E-state index in [0.717, 1.165) is 43.1 Å². The maximum absolute atomic E-state index is 12.9. The van der Waals surface area contributed by atoms with Crippen LogP contribution in [0.2, 0.25) is 15.1 Å². The SMILES string of the molecule is CN(CCOCC(=O)NC1CCC(C(c2ccccc2)N2CCCCC2)CC1)S(=O)(=O)c1c(Cl)cc(Cl)cc1Cl. The lowest BCUT2D eigenvalue weighted by atomic mass is 9.78. The third-order valence-electron chi connectivity index (χ3n) is 7.92. The number of nitrogens with zero attached hydrogens (tertiary/aromatic N) is 2. The smallest absolute Gasteiger partial charge is 0.246 e. The maximum atomic E-state index is 12.9. The number of likely N-dealkylation sites (tertiary alicyclic amines) is 1. The van der Waals surface area contributed by atoms with Crippen molar-refractivity contribution in [3.63, 3.8) is 0 Å². The van der Waals surface area contributed by atoms with E-state index in [-0.39, 0.29) is 51.7 Å². The lowest BCUT2D eigenvalue weighted by molar-refractivity contribution is -0.126. The first-order valence-electron chi connectivity index (χ1n) is 13.9. The molecule has 0 spiro atoms. The Morgan fingerprint density at radius 3 is 2.27 bits per heavy atom. The third-order valence-corrected chi connectivity index (χ3v) is 10.9. The number of sulfonamides is 1. The Hall–Kier alpha value is -1.39. The topological polar surface area (TPSA) is 79.0 Å². The van der Waals surface area contributed by atoms with Crippen molar-refractivity contribution in [2.24, 2.45) is 5.92 Å². The van der Waals surface area contributed by atoms with E-state index in [4.69, 9.17) is 39.5 Å². The van der Waals surface area contributed by atoms with Crippen molar-refractivity contribution >= 4 is 50.7 Å². The van der Waals surface area contributed by atoms with Gasteiger partial charge in [0.15, 0.2) is 0 Å². The Morgan fingerprint density at radius 1 is 1.02 bits per heavy atom. The van der Waals surface area contributed by atoms with Gasteiger partial charge in [-0.25, -0.2) is 8.42 Å². The number of rotatable bonds is 11. The number of carbonyl (C=O) groups excluding carboxylic acids is 1. The first-order valence-corrected chi connectivity index (χ1v) is 16.5. The molecular weight excluding hydrogens is 593 g/mol. The molecule has 2 fully saturated rings. The number of hydrogen-bond donors (Lipinski definition) is 1. The van der Waals surface area contributed by atoms with Crippen LogP contribution >= 0.6 is 34.8 Å². The predicted octanol–water partition coefficient (Wildman–Crippen LogP) is 6.19. The van der Waals surface area contributed by atoms with Gasteiger partial charge in [0, 0.05) is 30.7 Å². The summed E-state index contributed by atoms with van der Waals surface area (Å²) in [7, 11) is -2.55. The monoisotopic (exact) mass is 629 g/mol. The number of hydrogen-bond acceptors (Lipinski definition) is 5. The van der Waals surface area contributed by atoms with Crippen LogP contribution in [0, 0.1) is 5.92 Å². The van der Waals surface area contributed by atoms with Crippen molar-refractivity contribution in [2.45, 2.75) is 61.9 Å². The van der Waals surface area contributed by atoms with Crippen molar-refractivity contribution in [3.8, 4) is 0 Å². The van der Waals surface area contributed by atoms with Crippen molar-refractivity contribution in [1.82, 2.24) is 14.5 Å². The normalized spacial score (nSPS) is 21.3. The summed E-state index contributed by atoms with van der Waals surface area (Å²) in [6.45, 7) is 2.27. The van der Waals surface area contributed by atoms with Gasteiger partial charge in [-0.05, 0) is 75.2 Å². The molecular formula is C29H38Cl3N3O4S. The standard InChI is InChI=1S/C29H38Cl3N3O4S/c1-34(40(37,38)29-25(31)18-23(30)19-26(29)32)16-17-39-20-27(36)33-24-12-10-22(11-13-24)28(21-8-4-2-5-9-21)35-14-6-3-7-15-35/h2,4-5,8-9,18-19,22,24,28H,3,6-7,10-17,20H2,1H3,(H,33,36). The fraction of sp³-hybridized carbons (Fsp3) is 0.552. The van der Waals surface area contributed by atoms with E-state index in [1.165, 1.54) is 44.0 Å². The molecule has 220 valence electrons. The second-order valence-corrected chi connectivity index (χ2v) is 13.9. The van der Waals surface area contributed by atoms with Gasteiger partial charge in [-0.2, -0.15) is 4.31 Å². The maximum Gasteiger partial charge on any atom is 0.246 e. The highest BCUT2D eigenvalue weighted by Crippen LogP contribution is 2.39. The molecule has 0 radical (unpaired) electrons. The van der Waals surface area contributed by atoms with Gasteiger partial charge in [0.05, 0.1) is 16.7 Å². The van der Waals surface area contributed by atoms with Crippen molar-refractivity contribution in [3.05, 3.63) is 63.1 Å². The van der Waals surface area contributed by atoms with E-state index in [0.29, 0.717) is 12.0 Å². The molecule has 7 nitrogen and oxygen atoms in total. The number of amides is 1. The van der Waals surface area contributed by atoms with Gasteiger partial charge < -0.3 is 10.1 Å². The summed E-state index contributed by atoms with van der Waals surface area (Å²) in [5.74, 6) is 0.387. The molecule has 4 rings (SSSR count). The minimum absolute atomic E-state index is 0.0351. The summed E-state index contributed by atoms with van der Waals surface area (Å²) in [5.41, 5.74) is 1.40. The first kappa shape index (κ1) is 31.5. The van der Waals surface area contributed by atoms with E-state index >= 15 is 0 Å². The minimum atomic E-state index is -3.95. The Bertz CT molecular complexity index is 1210. The van der Waals surface area contributed by atoms with Gasteiger partial charge in [0.25, 0.3) is 0 Å². The van der Waals surface area contributed by atoms with Crippen LogP contribution in [0.25, 0.3) is 0 Å². The summed E-state index contributed by atoms with van der Waals surface area (Å²) in [4.78, 5) is 15.0. The van der Waals surface area contributed by atoms with Crippen LogP contribution in [-0.4, -0.2) is 69.5 Å². The van der Waals surface area contributed by atoms with Crippen LogP contribution in [-0.2, 0) is 19.6 Å². The molecule has 0 bridgehead atoms. The third kappa shape index (κ3) is 8.12. The molecule has 2 aromatic carbocycles. The second-order valence-electron chi connectivity index (χ2n) is 10.7. The highest BCUT2D eigenvalue weighted by atomic mass is 35.5. The minimum Gasteiger partial charge on any atom is -0.370 e.